The van der Waals surface area contributed by atoms with E-state index in [1.807, 2.05) is 30.5 Å². The number of nitrogens with one attached hydrogen (secondary N) is 1. The quantitative estimate of drug-likeness (QED) is 0.239. The summed E-state index contributed by atoms with van der Waals surface area (Å²) in [5.41, 5.74) is 2.81. The second-order valence-corrected chi connectivity index (χ2v) is 11.2. The molecule has 0 radical (unpaired) electrons. The number of amides is 1. The van der Waals surface area contributed by atoms with E-state index < -0.39 is 15.9 Å². The number of aryl methyl sites for hydroxylation is 2. The van der Waals surface area contributed by atoms with E-state index in [9.17, 15) is 13.2 Å². The van der Waals surface area contributed by atoms with Gasteiger partial charge in [-0.05, 0) is 55.3 Å². The highest BCUT2D eigenvalue weighted by molar-refractivity contribution is 7.90. The van der Waals surface area contributed by atoms with Gasteiger partial charge in [0.15, 0.2) is 5.65 Å². The van der Waals surface area contributed by atoms with Crippen LogP contribution in [0.2, 0.25) is 5.02 Å². The molecule has 0 aliphatic carbocycles. The van der Waals surface area contributed by atoms with Crippen LogP contribution < -0.4 is 9.46 Å². The van der Waals surface area contributed by atoms with Crippen molar-refractivity contribution in [2.45, 2.75) is 57.9 Å². The van der Waals surface area contributed by atoms with Crippen molar-refractivity contribution < 1.29 is 17.9 Å². The molecule has 2 aromatic carbocycles. The minimum atomic E-state index is -4.05. The summed E-state index contributed by atoms with van der Waals surface area (Å²) in [6.45, 7) is 7.01. The van der Waals surface area contributed by atoms with Crippen molar-refractivity contribution in [3.63, 3.8) is 0 Å². The Morgan fingerprint density at radius 1 is 1.03 bits per heavy atom. The third kappa shape index (κ3) is 6.34. The molecule has 38 heavy (non-hydrogen) atoms. The van der Waals surface area contributed by atoms with Crippen molar-refractivity contribution >= 4 is 38.7 Å². The number of hydrogen-bond donors (Lipinski definition) is 1. The molecule has 0 bridgehead atoms. The molecule has 0 spiro atoms. The predicted octanol–water partition coefficient (Wildman–Crippen LogP) is 5.69. The molecule has 10 heteroatoms. The highest BCUT2D eigenvalue weighted by Gasteiger charge is 2.21. The SMILES string of the molecule is CCCCCOc1ccc(Cn2c(CC)nc3ccc(C(=O)NS(=O)(=O)c4ccc(C)cc4)nc32)c(Cl)c1. The van der Waals surface area contributed by atoms with Gasteiger partial charge in [0.2, 0.25) is 0 Å². The summed E-state index contributed by atoms with van der Waals surface area (Å²) in [7, 11) is -4.05. The minimum absolute atomic E-state index is 0.00303. The number of imidazole rings is 1. The van der Waals surface area contributed by atoms with Gasteiger partial charge in [-0.3, -0.25) is 4.79 Å². The molecule has 0 saturated heterocycles. The molecule has 0 saturated carbocycles. The first-order valence-corrected chi connectivity index (χ1v) is 14.5. The Morgan fingerprint density at radius 2 is 1.79 bits per heavy atom. The number of ether oxygens (including phenoxy) is 1. The monoisotopic (exact) mass is 554 g/mol. The van der Waals surface area contributed by atoms with Crippen LogP contribution in [-0.4, -0.2) is 35.5 Å². The van der Waals surface area contributed by atoms with Crippen LogP contribution in [0.15, 0.2) is 59.5 Å². The standard InChI is InChI=1S/C28H31ClN4O4S/c1-4-6-7-16-37-21-11-10-20(23(29)17-21)18-33-26(5-2)30-24-14-15-25(31-27(24)33)28(34)32-38(35,36)22-12-8-19(3)9-13-22/h8-15,17H,4-7,16,18H2,1-3H3,(H,32,34). The van der Waals surface area contributed by atoms with Crippen molar-refractivity contribution in [3.05, 3.63) is 82.3 Å². The smallest absolute Gasteiger partial charge is 0.283 e. The molecule has 200 valence electrons. The van der Waals surface area contributed by atoms with Crippen LogP contribution in [0, 0.1) is 6.92 Å². The maximum absolute atomic E-state index is 12.9. The summed E-state index contributed by atoms with van der Waals surface area (Å²) >= 11 is 6.59. The van der Waals surface area contributed by atoms with Crippen LogP contribution in [-0.2, 0) is 23.0 Å². The summed E-state index contributed by atoms with van der Waals surface area (Å²) in [5, 5.41) is 0.556. The average molecular weight is 555 g/mol. The summed E-state index contributed by atoms with van der Waals surface area (Å²) in [6.07, 6.45) is 3.87. The number of carbonyl (C=O) groups is 1. The fraction of sp³-hybridized carbons (Fsp3) is 0.321. The van der Waals surface area contributed by atoms with Crippen LogP contribution in [0.25, 0.3) is 11.2 Å². The molecule has 2 heterocycles. The number of unbranched alkanes of at least 4 members (excludes halogenated alkanes) is 2. The number of nitrogens with zero attached hydrogens (tertiary/aromatic N) is 3. The van der Waals surface area contributed by atoms with E-state index in [1.54, 1.807) is 24.3 Å². The molecule has 0 aliphatic rings. The number of carbonyl (C=O) groups excluding carboxylic acids is 1. The fourth-order valence-corrected chi connectivity index (χ4v) is 5.21. The number of aromatic nitrogens is 3. The number of benzene rings is 2. The van der Waals surface area contributed by atoms with Gasteiger partial charge < -0.3 is 9.30 Å². The number of hydrogen-bond acceptors (Lipinski definition) is 6. The molecule has 4 rings (SSSR count). The zero-order valence-electron chi connectivity index (χ0n) is 21.7. The third-order valence-electron chi connectivity index (χ3n) is 6.15. The highest BCUT2D eigenvalue weighted by Crippen LogP contribution is 2.26. The van der Waals surface area contributed by atoms with Crippen molar-refractivity contribution in [2.75, 3.05) is 6.61 Å². The molecule has 8 nitrogen and oxygen atoms in total. The van der Waals surface area contributed by atoms with Crippen molar-refractivity contribution in [1.82, 2.24) is 19.3 Å². The van der Waals surface area contributed by atoms with Gasteiger partial charge in [0.05, 0.1) is 18.0 Å². The van der Waals surface area contributed by atoms with Gasteiger partial charge in [0, 0.05) is 11.4 Å². The number of pyridine rings is 1. The van der Waals surface area contributed by atoms with Gasteiger partial charge in [-0.2, -0.15) is 0 Å². The Morgan fingerprint density at radius 3 is 2.47 bits per heavy atom. The lowest BCUT2D eigenvalue weighted by atomic mass is 10.2. The molecule has 2 aromatic heterocycles. The Bertz CT molecular complexity index is 1550. The molecule has 1 amide bonds. The Labute approximate surface area is 228 Å². The molecule has 0 fully saturated rings. The molecule has 0 unspecified atom stereocenters. The summed E-state index contributed by atoms with van der Waals surface area (Å²) in [6, 6.07) is 15.0. The van der Waals surface area contributed by atoms with Gasteiger partial charge in [0.1, 0.15) is 22.8 Å². The number of fused-ring (bicyclic) bond motifs is 1. The second kappa shape index (κ2) is 12.0. The number of halogens is 1. The first-order chi connectivity index (χ1) is 18.2. The van der Waals surface area contributed by atoms with Crippen molar-refractivity contribution in [2.24, 2.45) is 0 Å². The predicted molar refractivity (Wildman–Crippen MR) is 148 cm³/mol. The Kier molecular flexibility index (Phi) is 8.69. The van der Waals surface area contributed by atoms with Gasteiger partial charge >= 0.3 is 0 Å². The van der Waals surface area contributed by atoms with Gasteiger partial charge in [-0.25, -0.2) is 23.1 Å². The lowest BCUT2D eigenvalue weighted by Gasteiger charge is -2.12. The van der Waals surface area contributed by atoms with Crippen LogP contribution in [0.4, 0.5) is 0 Å². The lowest BCUT2D eigenvalue weighted by molar-refractivity contribution is 0.0977. The maximum Gasteiger partial charge on any atom is 0.283 e. The largest absolute Gasteiger partial charge is 0.494 e. The van der Waals surface area contributed by atoms with Crippen LogP contribution in [0.1, 0.15) is 60.5 Å². The zero-order valence-corrected chi connectivity index (χ0v) is 23.3. The highest BCUT2D eigenvalue weighted by atomic mass is 35.5. The zero-order chi connectivity index (χ0) is 27.3. The molecular formula is C28H31ClN4O4S. The molecular weight excluding hydrogens is 524 g/mol. The van der Waals surface area contributed by atoms with Crippen LogP contribution in [0.3, 0.4) is 0 Å². The molecule has 1 N–H and O–H groups in total. The molecule has 0 atom stereocenters. The third-order valence-corrected chi connectivity index (χ3v) is 7.85. The normalized spacial score (nSPS) is 11.6. The molecule has 4 aromatic rings. The Hall–Kier alpha value is -3.43. The second-order valence-electron chi connectivity index (χ2n) is 9.06. The first kappa shape index (κ1) is 27.6. The maximum atomic E-state index is 12.9. The van der Waals surface area contributed by atoms with Crippen molar-refractivity contribution in [3.8, 4) is 5.75 Å². The van der Waals surface area contributed by atoms with Gasteiger partial charge in [-0.1, -0.05) is 62.1 Å². The summed E-state index contributed by atoms with van der Waals surface area (Å²) in [4.78, 5) is 22.0. The van der Waals surface area contributed by atoms with E-state index in [4.69, 9.17) is 16.3 Å². The van der Waals surface area contributed by atoms with Crippen LogP contribution in [0.5, 0.6) is 5.75 Å². The van der Waals surface area contributed by atoms with Crippen molar-refractivity contribution in [1.29, 1.82) is 0 Å². The first-order valence-electron chi connectivity index (χ1n) is 12.6. The van der Waals surface area contributed by atoms with Crippen LogP contribution >= 0.6 is 11.6 Å². The van der Waals surface area contributed by atoms with E-state index in [0.29, 0.717) is 41.5 Å². The Balaban J connectivity index is 1.58. The van der Waals surface area contributed by atoms with Gasteiger partial charge in [-0.15, -0.1) is 0 Å². The van der Waals surface area contributed by atoms with E-state index in [-0.39, 0.29) is 10.6 Å². The fourth-order valence-electron chi connectivity index (χ4n) is 4.02. The van der Waals surface area contributed by atoms with E-state index in [2.05, 4.69) is 21.6 Å². The number of sulfonamides is 1. The number of rotatable bonds is 11. The van der Waals surface area contributed by atoms with Gasteiger partial charge in [0.25, 0.3) is 15.9 Å². The minimum Gasteiger partial charge on any atom is -0.494 e. The summed E-state index contributed by atoms with van der Waals surface area (Å²) in [5.74, 6) is 0.669. The summed E-state index contributed by atoms with van der Waals surface area (Å²) < 4.78 is 35.2. The average Bonchev–Trinajstić information content (AvgIpc) is 3.24. The van der Waals surface area contributed by atoms with E-state index in [1.165, 1.54) is 18.2 Å². The van der Waals surface area contributed by atoms with E-state index >= 15 is 0 Å². The topological polar surface area (TPSA) is 103 Å². The molecule has 0 aliphatic heterocycles. The van der Waals surface area contributed by atoms with E-state index in [0.717, 1.165) is 36.2 Å². The lowest BCUT2D eigenvalue weighted by Crippen LogP contribution is -2.31.